The lowest BCUT2D eigenvalue weighted by molar-refractivity contribution is -0.0329. The predicted molar refractivity (Wildman–Crippen MR) is 24.8 cm³/mol. The van der Waals surface area contributed by atoms with Crippen molar-refractivity contribution in [1.29, 1.82) is 0 Å². The summed E-state index contributed by atoms with van der Waals surface area (Å²) in [5, 5.41) is 3.00. The van der Waals surface area contributed by atoms with E-state index in [9.17, 15) is 0 Å². The molecule has 1 fully saturated rings. The van der Waals surface area contributed by atoms with Crippen LogP contribution in [0, 0.1) is 0 Å². The highest BCUT2D eigenvalue weighted by Crippen LogP contribution is 1.79. The van der Waals surface area contributed by atoms with Gasteiger partial charge in [-0.3, -0.25) is 5.32 Å². The molecule has 0 unspecified atom stereocenters. The van der Waals surface area contributed by atoms with Crippen LogP contribution in [0.2, 0.25) is 0 Å². The van der Waals surface area contributed by atoms with E-state index in [0.717, 1.165) is 13.2 Å². The summed E-state index contributed by atoms with van der Waals surface area (Å²) in [6.45, 7) is 2.73. The third-order valence-electron chi connectivity index (χ3n) is 0.794. The summed E-state index contributed by atoms with van der Waals surface area (Å²) in [6, 6.07) is 0. The Morgan fingerprint density at radius 3 is 3.29 bits per heavy atom. The summed E-state index contributed by atoms with van der Waals surface area (Å²) < 4.78 is 9.77. The van der Waals surface area contributed by atoms with E-state index in [0.29, 0.717) is 13.5 Å². The molecule has 42 valence electrons. The number of ether oxygens (including phenoxy) is 2. The molecule has 0 saturated carbocycles. The summed E-state index contributed by atoms with van der Waals surface area (Å²) in [5.74, 6) is 0. The van der Waals surface area contributed by atoms with Crippen LogP contribution in [0.5, 0.6) is 0 Å². The van der Waals surface area contributed by atoms with Gasteiger partial charge in [0.2, 0.25) is 0 Å². The van der Waals surface area contributed by atoms with Crippen molar-refractivity contribution in [1.82, 2.24) is 5.32 Å². The normalized spacial score (nSPS) is 24.0. The molecule has 0 amide bonds. The second-order valence-corrected chi connectivity index (χ2v) is 1.37. The van der Waals surface area contributed by atoms with Gasteiger partial charge in [0.1, 0.15) is 6.79 Å². The van der Waals surface area contributed by atoms with Gasteiger partial charge in [0, 0.05) is 6.54 Å². The quantitative estimate of drug-likeness (QED) is 0.450. The molecule has 1 aliphatic rings. The van der Waals surface area contributed by atoms with E-state index in [1.807, 2.05) is 0 Å². The maximum atomic E-state index is 4.91. The van der Waals surface area contributed by atoms with Crippen LogP contribution in [0.25, 0.3) is 0 Å². The first kappa shape index (κ1) is 5.03. The Morgan fingerprint density at radius 1 is 1.29 bits per heavy atom. The minimum Gasteiger partial charge on any atom is -0.354 e. The van der Waals surface area contributed by atoms with Crippen molar-refractivity contribution in [3.05, 3.63) is 0 Å². The Bertz CT molecular complexity index is 29.3. The maximum Gasteiger partial charge on any atom is 0.148 e. The monoisotopic (exact) mass is 103 g/mol. The van der Waals surface area contributed by atoms with Gasteiger partial charge in [-0.2, -0.15) is 0 Å². The van der Waals surface area contributed by atoms with E-state index in [1.54, 1.807) is 0 Å². The van der Waals surface area contributed by atoms with E-state index in [4.69, 9.17) is 9.47 Å². The molecule has 0 aromatic rings. The SMILES string of the molecule is C1COCOCN1. The first-order valence-corrected chi connectivity index (χ1v) is 2.36. The largest absolute Gasteiger partial charge is 0.354 e. The molecular formula is C4H9NO2. The van der Waals surface area contributed by atoms with E-state index in [-0.39, 0.29) is 0 Å². The van der Waals surface area contributed by atoms with E-state index in [2.05, 4.69) is 5.32 Å². The molecule has 0 aromatic carbocycles. The third kappa shape index (κ3) is 1.87. The van der Waals surface area contributed by atoms with Gasteiger partial charge in [0.05, 0.1) is 13.3 Å². The van der Waals surface area contributed by atoms with Crippen LogP contribution < -0.4 is 5.32 Å². The highest BCUT2D eigenvalue weighted by atomic mass is 16.7. The molecule has 1 saturated heterocycles. The van der Waals surface area contributed by atoms with Crippen LogP contribution in [0.15, 0.2) is 0 Å². The molecule has 0 atom stereocenters. The van der Waals surface area contributed by atoms with Gasteiger partial charge in [-0.1, -0.05) is 0 Å². The average Bonchev–Trinajstić information content (AvgIpc) is 1.90. The molecule has 7 heavy (non-hydrogen) atoms. The zero-order chi connectivity index (χ0) is 4.95. The Balaban J connectivity index is 2.04. The molecule has 0 aromatic heterocycles. The Labute approximate surface area is 42.6 Å². The predicted octanol–water partition coefficient (Wildman–Crippen LogP) is -0.462. The lowest BCUT2D eigenvalue weighted by Gasteiger charge is -1.93. The van der Waals surface area contributed by atoms with Crippen LogP contribution in [-0.4, -0.2) is 26.7 Å². The first-order chi connectivity index (χ1) is 3.50. The Hall–Kier alpha value is -0.120. The Kier molecular flexibility index (Phi) is 2.12. The van der Waals surface area contributed by atoms with Crippen molar-refractivity contribution >= 4 is 0 Å². The first-order valence-electron chi connectivity index (χ1n) is 2.36. The lowest BCUT2D eigenvalue weighted by Crippen LogP contribution is -2.17. The van der Waals surface area contributed by atoms with Crippen LogP contribution in [0.4, 0.5) is 0 Å². The average molecular weight is 103 g/mol. The van der Waals surface area contributed by atoms with E-state index >= 15 is 0 Å². The van der Waals surface area contributed by atoms with Gasteiger partial charge in [-0.05, 0) is 0 Å². The zero-order valence-corrected chi connectivity index (χ0v) is 4.14. The smallest absolute Gasteiger partial charge is 0.148 e. The summed E-state index contributed by atoms with van der Waals surface area (Å²) in [5.41, 5.74) is 0. The maximum absolute atomic E-state index is 4.91. The van der Waals surface area contributed by atoms with Crippen LogP contribution >= 0.6 is 0 Å². The number of hydrogen-bond donors (Lipinski definition) is 1. The van der Waals surface area contributed by atoms with E-state index in [1.165, 1.54) is 0 Å². The van der Waals surface area contributed by atoms with Gasteiger partial charge in [0.15, 0.2) is 0 Å². The van der Waals surface area contributed by atoms with Crippen molar-refractivity contribution in [2.24, 2.45) is 0 Å². The van der Waals surface area contributed by atoms with Crippen molar-refractivity contribution in [3.63, 3.8) is 0 Å². The zero-order valence-electron chi connectivity index (χ0n) is 4.14. The van der Waals surface area contributed by atoms with E-state index < -0.39 is 0 Å². The molecule has 1 N–H and O–H groups in total. The minimum absolute atomic E-state index is 0.438. The number of rotatable bonds is 0. The number of hydrogen-bond acceptors (Lipinski definition) is 3. The molecule has 0 radical (unpaired) electrons. The standard InChI is InChI=1S/C4H9NO2/c1-2-6-4-7-3-5-1/h5H,1-4H2. The highest BCUT2D eigenvalue weighted by molar-refractivity contribution is 4.38. The molecule has 1 rings (SSSR count). The topological polar surface area (TPSA) is 30.5 Å². The van der Waals surface area contributed by atoms with Crippen molar-refractivity contribution in [3.8, 4) is 0 Å². The van der Waals surface area contributed by atoms with Gasteiger partial charge >= 0.3 is 0 Å². The summed E-state index contributed by atoms with van der Waals surface area (Å²) >= 11 is 0. The summed E-state index contributed by atoms with van der Waals surface area (Å²) in [6.07, 6.45) is 0. The molecule has 3 nitrogen and oxygen atoms in total. The Morgan fingerprint density at radius 2 is 2.29 bits per heavy atom. The molecule has 0 spiro atoms. The fourth-order valence-electron chi connectivity index (χ4n) is 0.448. The van der Waals surface area contributed by atoms with Crippen LogP contribution in [0.3, 0.4) is 0 Å². The van der Waals surface area contributed by atoms with Crippen LogP contribution in [0.1, 0.15) is 0 Å². The van der Waals surface area contributed by atoms with Crippen LogP contribution in [-0.2, 0) is 9.47 Å². The second kappa shape index (κ2) is 2.96. The molecule has 1 heterocycles. The van der Waals surface area contributed by atoms with Gasteiger partial charge in [-0.25, -0.2) is 0 Å². The van der Waals surface area contributed by atoms with Crippen molar-refractivity contribution in [2.45, 2.75) is 0 Å². The van der Waals surface area contributed by atoms with Gasteiger partial charge in [-0.15, -0.1) is 0 Å². The fraction of sp³-hybridized carbons (Fsp3) is 1.00. The number of nitrogens with one attached hydrogen (secondary N) is 1. The van der Waals surface area contributed by atoms with Crippen molar-refractivity contribution in [2.75, 3.05) is 26.7 Å². The molecule has 3 heteroatoms. The van der Waals surface area contributed by atoms with Gasteiger partial charge in [0.25, 0.3) is 0 Å². The summed E-state index contributed by atoms with van der Waals surface area (Å²) in [7, 11) is 0. The molecule has 1 aliphatic heterocycles. The third-order valence-corrected chi connectivity index (χ3v) is 0.794. The highest BCUT2D eigenvalue weighted by Gasteiger charge is 1.92. The fourth-order valence-corrected chi connectivity index (χ4v) is 0.448. The summed E-state index contributed by atoms with van der Waals surface area (Å²) in [4.78, 5) is 0. The lowest BCUT2D eigenvalue weighted by atomic mass is 10.7. The second-order valence-electron chi connectivity index (χ2n) is 1.37. The van der Waals surface area contributed by atoms with Crippen molar-refractivity contribution < 1.29 is 9.47 Å². The molecule has 0 bridgehead atoms. The van der Waals surface area contributed by atoms with Gasteiger partial charge < -0.3 is 9.47 Å². The molecular weight excluding hydrogens is 94.0 g/mol. The minimum atomic E-state index is 0.438. The molecule has 0 aliphatic carbocycles.